The number of nitrogens with zero attached hydrogens (tertiary/aromatic N) is 4. The predicted octanol–water partition coefficient (Wildman–Crippen LogP) is 1.44. The summed E-state index contributed by atoms with van der Waals surface area (Å²) in [6.07, 6.45) is 2.31. The fourth-order valence-corrected chi connectivity index (χ4v) is 4.68. The molecule has 0 radical (unpaired) electrons. The zero-order valence-corrected chi connectivity index (χ0v) is 20.2. The van der Waals surface area contributed by atoms with Gasteiger partial charge in [-0.05, 0) is 31.4 Å². The molecule has 0 unspecified atom stereocenters. The Morgan fingerprint density at radius 3 is 2.76 bits per heavy atom. The van der Waals surface area contributed by atoms with E-state index in [4.69, 9.17) is 9.47 Å². The minimum Gasteiger partial charge on any atom is -0.464 e. The highest BCUT2D eigenvalue weighted by Crippen LogP contribution is 2.18. The Bertz CT molecular complexity index is 998. The number of carbonyl (C=O) groups excluding carboxylic acids is 1. The summed E-state index contributed by atoms with van der Waals surface area (Å²) in [5.74, 6) is -0.266. The number of hydrogen-bond donors (Lipinski definition) is 1. The predicted molar refractivity (Wildman–Crippen MR) is 122 cm³/mol. The highest BCUT2D eigenvalue weighted by atomic mass is 32.2. The number of hydrogen-bond acceptors (Lipinski definition) is 8. The summed E-state index contributed by atoms with van der Waals surface area (Å²) in [5.41, 5.74) is 0.650. The van der Waals surface area contributed by atoms with Crippen LogP contribution < -0.4 is 5.32 Å². The van der Waals surface area contributed by atoms with Crippen molar-refractivity contribution in [3.8, 4) is 0 Å². The van der Waals surface area contributed by atoms with Gasteiger partial charge in [-0.1, -0.05) is 30.3 Å². The van der Waals surface area contributed by atoms with Gasteiger partial charge in [0, 0.05) is 39.1 Å². The average Bonchev–Trinajstić information content (AvgIpc) is 3.26. The lowest BCUT2D eigenvalue weighted by Crippen LogP contribution is -2.43. The number of esters is 1. The Hall–Kier alpha value is -2.34. The van der Waals surface area contributed by atoms with Crippen molar-refractivity contribution in [1.82, 2.24) is 24.6 Å². The molecule has 3 atom stereocenters. The van der Waals surface area contributed by atoms with E-state index >= 15 is 0 Å². The summed E-state index contributed by atoms with van der Waals surface area (Å²) in [6, 6.07) is 8.31. The third kappa shape index (κ3) is 7.32. The van der Waals surface area contributed by atoms with Crippen LogP contribution in [-0.2, 0) is 37.4 Å². The van der Waals surface area contributed by atoms with Gasteiger partial charge in [-0.3, -0.25) is 9.48 Å². The first-order valence-electron chi connectivity index (χ1n) is 11.2. The number of likely N-dealkylation sites (N-methyl/N-ethyl adjacent to an activating group) is 1. The number of aryl methyl sites for hydroxylation is 1. The Labute approximate surface area is 195 Å². The molecule has 11 heteroatoms. The van der Waals surface area contributed by atoms with Gasteiger partial charge in [0.15, 0.2) is 0 Å². The van der Waals surface area contributed by atoms with Gasteiger partial charge < -0.3 is 14.8 Å². The van der Waals surface area contributed by atoms with Gasteiger partial charge in [0.05, 0.1) is 23.8 Å². The van der Waals surface area contributed by atoms with Gasteiger partial charge >= 0.3 is 5.97 Å². The molecule has 1 aliphatic rings. The molecule has 33 heavy (non-hydrogen) atoms. The molecule has 0 fully saturated rings. The van der Waals surface area contributed by atoms with E-state index in [1.54, 1.807) is 48.3 Å². The van der Waals surface area contributed by atoms with Gasteiger partial charge in [0.1, 0.15) is 12.3 Å². The van der Waals surface area contributed by atoms with Gasteiger partial charge in [0.25, 0.3) is 0 Å². The molecule has 1 aromatic heterocycles. The van der Waals surface area contributed by atoms with Crippen molar-refractivity contribution in [2.45, 2.75) is 56.9 Å². The number of rotatable bonds is 4. The molecule has 0 saturated carbocycles. The number of benzene rings is 1. The Balaban J connectivity index is 1.74. The van der Waals surface area contributed by atoms with Crippen molar-refractivity contribution < 1.29 is 22.7 Å². The fourth-order valence-electron chi connectivity index (χ4n) is 3.48. The average molecular weight is 480 g/mol. The maximum atomic E-state index is 13.0. The second kappa shape index (κ2) is 11.7. The molecule has 3 rings (SSSR count). The smallest absolute Gasteiger partial charge is 0.305 e. The van der Waals surface area contributed by atoms with Crippen LogP contribution in [-0.4, -0.2) is 72.6 Å². The highest BCUT2D eigenvalue weighted by Gasteiger charge is 2.28. The van der Waals surface area contributed by atoms with Crippen molar-refractivity contribution in [2.75, 3.05) is 26.7 Å². The van der Waals surface area contributed by atoms with Crippen molar-refractivity contribution in [3.05, 3.63) is 42.2 Å². The molecule has 2 bridgehead atoms. The van der Waals surface area contributed by atoms with Crippen LogP contribution >= 0.6 is 0 Å². The number of nitrogens with one attached hydrogen (secondary N) is 1. The van der Waals surface area contributed by atoms with Crippen LogP contribution in [0.25, 0.3) is 0 Å². The van der Waals surface area contributed by atoms with E-state index in [1.807, 2.05) is 13.8 Å². The molecule has 1 aromatic carbocycles. The third-order valence-electron chi connectivity index (χ3n) is 5.61. The number of fused-ring (bicyclic) bond motifs is 2. The Morgan fingerprint density at radius 1 is 1.24 bits per heavy atom. The van der Waals surface area contributed by atoms with Crippen LogP contribution in [0.4, 0.5) is 0 Å². The molecule has 1 aliphatic heterocycles. The summed E-state index contributed by atoms with van der Waals surface area (Å²) in [4.78, 5) is 12.2. The topological polar surface area (TPSA) is 116 Å². The van der Waals surface area contributed by atoms with E-state index in [-0.39, 0.29) is 42.6 Å². The van der Waals surface area contributed by atoms with Crippen LogP contribution in [0.15, 0.2) is 41.4 Å². The maximum Gasteiger partial charge on any atom is 0.305 e. The van der Waals surface area contributed by atoms with E-state index in [2.05, 4.69) is 15.6 Å². The monoisotopic (exact) mass is 479 g/mol. The van der Waals surface area contributed by atoms with E-state index in [0.717, 1.165) is 0 Å². The van der Waals surface area contributed by atoms with Gasteiger partial charge in [-0.15, -0.1) is 5.10 Å². The summed E-state index contributed by atoms with van der Waals surface area (Å²) in [5, 5.41) is 11.6. The lowest BCUT2D eigenvalue weighted by Gasteiger charge is -2.29. The van der Waals surface area contributed by atoms with Crippen molar-refractivity contribution in [1.29, 1.82) is 0 Å². The van der Waals surface area contributed by atoms with Crippen LogP contribution in [0.1, 0.15) is 32.4 Å². The van der Waals surface area contributed by atoms with Gasteiger partial charge in [-0.25, -0.2) is 8.42 Å². The number of cyclic esters (lactones) is 1. The molecular weight excluding hydrogens is 446 g/mol. The van der Waals surface area contributed by atoms with E-state index < -0.39 is 16.1 Å². The SMILES string of the molecule is C[C@@H]1COC(=O)CCCn2cc(nn2)CO[C@H](CN(C)S(=O)(=O)c2ccccc2)[C@H](C)CN1. The second-order valence-corrected chi connectivity index (χ2v) is 10.5. The lowest BCUT2D eigenvalue weighted by molar-refractivity contribution is -0.144. The largest absolute Gasteiger partial charge is 0.464 e. The Kier molecular flexibility index (Phi) is 8.95. The molecule has 182 valence electrons. The molecule has 1 N–H and O–H groups in total. The summed E-state index contributed by atoms with van der Waals surface area (Å²) >= 11 is 0. The first-order valence-corrected chi connectivity index (χ1v) is 12.6. The fraction of sp³-hybridized carbons (Fsp3) is 0.591. The minimum atomic E-state index is -3.65. The first-order chi connectivity index (χ1) is 15.8. The van der Waals surface area contributed by atoms with Gasteiger partial charge in [-0.2, -0.15) is 4.31 Å². The lowest BCUT2D eigenvalue weighted by atomic mass is 10.0. The highest BCUT2D eigenvalue weighted by molar-refractivity contribution is 7.89. The van der Waals surface area contributed by atoms with Crippen LogP contribution in [0.3, 0.4) is 0 Å². The molecule has 0 aliphatic carbocycles. The molecule has 10 nitrogen and oxygen atoms in total. The third-order valence-corrected chi connectivity index (χ3v) is 7.44. The summed E-state index contributed by atoms with van der Waals surface area (Å²) in [6.45, 7) is 5.72. The summed E-state index contributed by atoms with van der Waals surface area (Å²) in [7, 11) is -2.09. The number of aromatic nitrogens is 3. The Morgan fingerprint density at radius 2 is 2.00 bits per heavy atom. The number of ether oxygens (including phenoxy) is 2. The van der Waals surface area contributed by atoms with Gasteiger partial charge in [0.2, 0.25) is 10.0 Å². The standard InChI is InChI=1S/C22H33N5O5S/c1-17-12-23-18(2)15-32-22(28)10-7-11-27-13-19(24-25-27)16-31-21(17)14-26(3)33(29,30)20-8-5-4-6-9-20/h4-6,8-9,13,17-18,21,23H,7,10-12,14-16H2,1-3H3/t17-,18-,21-/m1/s1. The van der Waals surface area contributed by atoms with Crippen molar-refractivity contribution in [2.24, 2.45) is 5.92 Å². The normalized spacial score (nSPS) is 23.9. The zero-order valence-electron chi connectivity index (χ0n) is 19.4. The molecular formula is C22H33N5O5S. The van der Waals surface area contributed by atoms with Crippen LogP contribution in [0, 0.1) is 5.92 Å². The van der Waals surface area contributed by atoms with E-state index in [0.29, 0.717) is 31.6 Å². The van der Waals surface area contributed by atoms with Crippen molar-refractivity contribution >= 4 is 16.0 Å². The number of carbonyl (C=O) groups is 1. The molecule has 2 aromatic rings. The van der Waals surface area contributed by atoms with E-state index in [9.17, 15) is 13.2 Å². The first kappa shape index (κ1) is 25.3. The molecule has 0 saturated heterocycles. The number of sulfonamides is 1. The minimum absolute atomic E-state index is 0.0282. The molecule has 0 spiro atoms. The molecule has 0 amide bonds. The second-order valence-electron chi connectivity index (χ2n) is 8.49. The molecule has 2 heterocycles. The van der Waals surface area contributed by atoms with Crippen LogP contribution in [0.2, 0.25) is 0 Å². The summed E-state index contributed by atoms with van der Waals surface area (Å²) < 4.78 is 40.5. The van der Waals surface area contributed by atoms with E-state index in [1.165, 1.54) is 4.31 Å². The van der Waals surface area contributed by atoms with Crippen molar-refractivity contribution in [3.63, 3.8) is 0 Å². The maximum absolute atomic E-state index is 13.0. The van der Waals surface area contributed by atoms with Crippen LogP contribution in [0.5, 0.6) is 0 Å². The quantitative estimate of drug-likeness (QED) is 0.655. The zero-order chi connectivity index (χ0) is 23.8.